The van der Waals surface area contributed by atoms with E-state index in [1.807, 2.05) is 67.8 Å². The number of nitrogens with zero attached hydrogens (tertiary/aromatic N) is 4. The number of aromatic nitrogens is 4. The van der Waals surface area contributed by atoms with E-state index in [4.69, 9.17) is 0 Å². The van der Waals surface area contributed by atoms with E-state index in [0.717, 1.165) is 72.0 Å². The quantitative estimate of drug-likeness (QED) is 0.500. The van der Waals surface area contributed by atoms with E-state index in [0.29, 0.717) is 0 Å². The standard InChI is InChI=1S/C25H26N6O/c1-17-26-14-18(15-27-17)16-31-12-10-20(11-13-31)25(32)28-21-8-6-19(7-9-21)24-29-22-4-2-3-5-23(22)30-24/h2-9,14-15,20H,10-13,16H2,1H3,(H,28,32)(H,29,30). The third-order valence-electron chi connectivity index (χ3n) is 6.01. The van der Waals surface area contributed by atoms with Gasteiger partial charge in [-0.25, -0.2) is 15.0 Å². The Hall–Kier alpha value is -3.58. The van der Waals surface area contributed by atoms with E-state index < -0.39 is 0 Å². The number of piperidine rings is 1. The Labute approximate surface area is 186 Å². The van der Waals surface area contributed by atoms with Crippen molar-refractivity contribution in [1.29, 1.82) is 0 Å². The van der Waals surface area contributed by atoms with Gasteiger partial charge in [0.15, 0.2) is 0 Å². The highest BCUT2D eigenvalue weighted by molar-refractivity contribution is 5.93. The number of anilines is 1. The van der Waals surface area contributed by atoms with Gasteiger partial charge in [0.1, 0.15) is 11.6 Å². The van der Waals surface area contributed by atoms with Crippen molar-refractivity contribution in [3.8, 4) is 11.4 Å². The first kappa shape index (κ1) is 20.3. The molecule has 32 heavy (non-hydrogen) atoms. The van der Waals surface area contributed by atoms with Crippen LogP contribution in [0, 0.1) is 12.8 Å². The Bertz CT molecular complexity index is 1170. The lowest BCUT2D eigenvalue weighted by atomic mass is 9.95. The molecule has 0 atom stereocenters. The average Bonchev–Trinajstić information content (AvgIpc) is 3.26. The van der Waals surface area contributed by atoms with E-state index in [1.165, 1.54) is 0 Å². The van der Waals surface area contributed by atoms with Crippen molar-refractivity contribution in [2.24, 2.45) is 5.92 Å². The van der Waals surface area contributed by atoms with Crippen molar-refractivity contribution in [1.82, 2.24) is 24.8 Å². The number of carbonyl (C=O) groups excluding carboxylic acids is 1. The molecule has 0 radical (unpaired) electrons. The molecule has 1 aliphatic rings. The van der Waals surface area contributed by atoms with Gasteiger partial charge in [0.05, 0.1) is 11.0 Å². The third-order valence-corrected chi connectivity index (χ3v) is 6.01. The fourth-order valence-corrected chi connectivity index (χ4v) is 4.16. The van der Waals surface area contributed by atoms with Gasteiger partial charge in [0, 0.05) is 41.7 Å². The number of fused-ring (bicyclic) bond motifs is 1. The zero-order valence-corrected chi connectivity index (χ0v) is 18.1. The Kier molecular flexibility index (Phi) is 5.64. The molecule has 4 aromatic rings. The largest absolute Gasteiger partial charge is 0.338 e. The Balaban J connectivity index is 1.15. The second-order valence-corrected chi connectivity index (χ2v) is 8.36. The first-order valence-corrected chi connectivity index (χ1v) is 11.0. The fraction of sp³-hybridized carbons (Fsp3) is 0.280. The van der Waals surface area contributed by atoms with Gasteiger partial charge in [-0.2, -0.15) is 0 Å². The second kappa shape index (κ2) is 8.88. The van der Waals surface area contributed by atoms with Crippen LogP contribution in [0.2, 0.25) is 0 Å². The van der Waals surface area contributed by atoms with E-state index in [9.17, 15) is 4.79 Å². The number of hydrogen-bond donors (Lipinski definition) is 2. The first-order chi connectivity index (χ1) is 15.6. The molecular formula is C25H26N6O. The summed E-state index contributed by atoms with van der Waals surface area (Å²) in [5.74, 6) is 1.75. The molecule has 1 amide bonds. The number of likely N-dealkylation sites (tertiary alicyclic amines) is 1. The van der Waals surface area contributed by atoms with Crippen LogP contribution in [0.5, 0.6) is 0 Å². The lowest BCUT2D eigenvalue weighted by Crippen LogP contribution is -2.37. The number of aromatic amines is 1. The van der Waals surface area contributed by atoms with Gasteiger partial charge in [0.25, 0.3) is 0 Å². The highest BCUT2D eigenvalue weighted by Gasteiger charge is 2.25. The fourth-order valence-electron chi connectivity index (χ4n) is 4.16. The maximum absolute atomic E-state index is 12.8. The van der Waals surface area contributed by atoms with Crippen molar-refractivity contribution in [3.05, 3.63) is 72.3 Å². The molecule has 1 fully saturated rings. The summed E-state index contributed by atoms with van der Waals surface area (Å²) in [6.45, 7) is 4.52. The number of nitrogens with one attached hydrogen (secondary N) is 2. The minimum Gasteiger partial charge on any atom is -0.338 e. The molecule has 1 saturated heterocycles. The van der Waals surface area contributed by atoms with Crippen molar-refractivity contribution in [2.45, 2.75) is 26.3 Å². The first-order valence-electron chi connectivity index (χ1n) is 11.0. The SMILES string of the molecule is Cc1ncc(CN2CCC(C(=O)Nc3ccc(-c4nc5ccccc5[nH]4)cc3)CC2)cn1. The molecule has 3 heterocycles. The van der Waals surface area contributed by atoms with Crippen molar-refractivity contribution < 1.29 is 4.79 Å². The normalized spacial score (nSPS) is 15.2. The van der Waals surface area contributed by atoms with Crippen LogP contribution in [0.15, 0.2) is 60.9 Å². The number of benzene rings is 2. The van der Waals surface area contributed by atoms with E-state index in [2.05, 4.69) is 30.2 Å². The molecule has 2 aromatic heterocycles. The van der Waals surface area contributed by atoms with Gasteiger partial charge in [0.2, 0.25) is 5.91 Å². The molecule has 0 saturated carbocycles. The maximum Gasteiger partial charge on any atom is 0.227 e. The van der Waals surface area contributed by atoms with Gasteiger partial charge in [-0.3, -0.25) is 9.69 Å². The van der Waals surface area contributed by atoms with Crippen LogP contribution in [0.3, 0.4) is 0 Å². The summed E-state index contributed by atoms with van der Waals surface area (Å²) in [5, 5.41) is 3.08. The van der Waals surface area contributed by atoms with Crippen LogP contribution in [0.1, 0.15) is 24.2 Å². The van der Waals surface area contributed by atoms with Crippen molar-refractivity contribution >= 4 is 22.6 Å². The van der Waals surface area contributed by atoms with Crippen LogP contribution in [0.25, 0.3) is 22.4 Å². The predicted octanol–water partition coefficient (Wildman–Crippen LogP) is 4.18. The summed E-state index contributed by atoms with van der Waals surface area (Å²) >= 11 is 0. The van der Waals surface area contributed by atoms with E-state index >= 15 is 0 Å². The zero-order valence-electron chi connectivity index (χ0n) is 18.1. The minimum absolute atomic E-state index is 0.0376. The monoisotopic (exact) mass is 426 g/mol. The maximum atomic E-state index is 12.8. The lowest BCUT2D eigenvalue weighted by Gasteiger charge is -2.31. The molecular weight excluding hydrogens is 400 g/mol. The molecule has 7 nitrogen and oxygen atoms in total. The summed E-state index contributed by atoms with van der Waals surface area (Å²) < 4.78 is 0. The van der Waals surface area contributed by atoms with Gasteiger partial charge >= 0.3 is 0 Å². The molecule has 2 N–H and O–H groups in total. The predicted molar refractivity (Wildman–Crippen MR) is 125 cm³/mol. The second-order valence-electron chi connectivity index (χ2n) is 8.36. The molecule has 2 aromatic carbocycles. The number of carbonyl (C=O) groups is 1. The summed E-state index contributed by atoms with van der Waals surface area (Å²) in [6, 6.07) is 15.8. The van der Waals surface area contributed by atoms with Crippen LogP contribution in [-0.4, -0.2) is 43.8 Å². The Morgan fingerprint density at radius 1 is 1.06 bits per heavy atom. The highest BCUT2D eigenvalue weighted by Crippen LogP contribution is 2.24. The molecule has 0 unspecified atom stereocenters. The molecule has 7 heteroatoms. The Morgan fingerprint density at radius 3 is 2.50 bits per heavy atom. The van der Waals surface area contributed by atoms with Gasteiger partial charge in [-0.05, 0) is 69.3 Å². The van der Waals surface area contributed by atoms with Crippen molar-refractivity contribution in [2.75, 3.05) is 18.4 Å². The van der Waals surface area contributed by atoms with Crippen LogP contribution < -0.4 is 5.32 Å². The van der Waals surface area contributed by atoms with E-state index in [-0.39, 0.29) is 11.8 Å². The number of H-pyrrole nitrogens is 1. The van der Waals surface area contributed by atoms with E-state index in [1.54, 1.807) is 0 Å². The smallest absolute Gasteiger partial charge is 0.227 e. The van der Waals surface area contributed by atoms with Gasteiger partial charge in [-0.1, -0.05) is 12.1 Å². The molecule has 0 bridgehead atoms. The molecule has 1 aliphatic heterocycles. The van der Waals surface area contributed by atoms with Crippen LogP contribution in [0.4, 0.5) is 5.69 Å². The summed E-state index contributed by atoms with van der Waals surface area (Å²) in [4.78, 5) is 31.6. The summed E-state index contributed by atoms with van der Waals surface area (Å²) in [6.07, 6.45) is 5.48. The number of amides is 1. The summed E-state index contributed by atoms with van der Waals surface area (Å²) in [5.41, 5.74) is 4.88. The Morgan fingerprint density at radius 2 is 1.78 bits per heavy atom. The highest BCUT2D eigenvalue weighted by atomic mass is 16.1. The number of aryl methyl sites for hydroxylation is 1. The lowest BCUT2D eigenvalue weighted by molar-refractivity contribution is -0.121. The van der Waals surface area contributed by atoms with Crippen LogP contribution in [-0.2, 0) is 11.3 Å². The topological polar surface area (TPSA) is 86.8 Å². The molecule has 5 rings (SSSR count). The summed E-state index contributed by atoms with van der Waals surface area (Å²) in [7, 11) is 0. The number of para-hydroxylation sites is 2. The van der Waals surface area contributed by atoms with Crippen LogP contribution >= 0.6 is 0 Å². The third kappa shape index (κ3) is 4.53. The number of hydrogen-bond acceptors (Lipinski definition) is 5. The van der Waals surface area contributed by atoms with Gasteiger partial charge < -0.3 is 10.3 Å². The zero-order chi connectivity index (χ0) is 21.9. The number of imidazole rings is 1. The minimum atomic E-state index is 0.0376. The van der Waals surface area contributed by atoms with Gasteiger partial charge in [-0.15, -0.1) is 0 Å². The molecule has 162 valence electrons. The average molecular weight is 427 g/mol. The molecule has 0 spiro atoms. The van der Waals surface area contributed by atoms with Crippen molar-refractivity contribution in [3.63, 3.8) is 0 Å². The molecule has 0 aliphatic carbocycles. The number of rotatable bonds is 5.